The molecule has 2 aromatic rings. The molecule has 2 rings (SSSR count). The lowest BCUT2D eigenvalue weighted by Crippen LogP contribution is -2.58. The number of rotatable bonds is 15. The molecule has 1 aromatic heterocycles. The number of carboxylic acids is 2. The highest BCUT2D eigenvalue weighted by Crippen LogP contribution is 2.19. The number of fused-ring (bicyclic) bond motifs is 1. The minimum atomic E-state index is -1.74. The highest BCUT2D eigenvalue weighted by atomic mass is 16.4. The summed E-state index contributed by atoms with van der Waals surface area (Å²) in [6.45, 7) is 3.75. The minimum Gasteiger partial charge on any atom is -0.481 e. The Morgan fingerprint density at radius 1 is 0.872 bits per heavy atom. The van der Waals surface area contributed by atoms with Crippen molar-refractivity contribution >= 4 is 46.5 Å². The van der Waals surface area contributed by atoms with E-state index in [0.29, 0.717) is 12.0 Å². The number of carbonyl (C=O) groups is 6. The summed E-state index contributed by atoms with van der Waals surface area (Å²) in [6, 6.07) is 1.60. The van der Waals surface area contributed by atoms with Crippen molar-refractivity contribution in [2.75, 3.05) is 0 Å². The topological polar surface area (TPSA) is 247 Å². The number of H-pyrrole nitrogens is 1. The van der Waals surface area contributed by atoms with Crippen LogP contribution in [0.5, 0.6) is 0 Å². The highest BCUT2D eigenvalue weighted by Gasteiger charge is 2.32. The van der Waals surface area contributed by atoms with Crippen LogP contribution >= 0.6 is 0 Å². The molecule has 0 aliphatic carbocycles. The zero-order valence-corrected chi connectivity index (χ0v) is 21.6. The maximum absolute atomic E-state index is 13.3. The van der Waals surface area contributed by atoms with E-state index in [0.717, 1.165) is 10.9 Å². The molecule has 4 unspecified atom stereocenters. The first-order valence-electron chi connectivity index (χ1n) is 12.2. The van der Waals surface area contributed by atoms with E-state index in [-0.39, 0.29) is 12.3 Å². The van der Waals surface area contributed by atoms with Crippen LogP contribution < -0.4 is 27.4 Å². The first-order valence-corrected chi connectivity index (χ1v) is 12.2. The summed E-state index contributed by atoms with van der Waals surface area (Å²) in [5.74, 6) is -6.63. The normalized spacial score (nSPS) is 14.2. The number of carboxylic acid groups (broad SMARTS) is 2. The Morgan fingerprint density at radius 3 is 2.05 bits per heavy atom. The van der Waals surface area contributed by atoms with Gasteiger partial charge in [-0.1, -0.05) is 32.0 Å². The van der Waals surface area contributed by atoms with Crippen molar-refractivity contribution in [2.24, 2.45) is 17.4 Å². The fraction of sp³-hybridized carbons (Fsp3) is 0.440. The Kier molecular flexibility index (Phi) is 11.0. The van der Waals surface area contributed by atoms with Gasteiger partial charge in [-0.15, -0.1) is 0 Å². The van der Waals surface area contributed by atoms with Crippen LogP contribution in [-0.4, -0.2) is 74.9 Å². The van der Waals surface area contributed by atoms with E-state index in [9.17, 15) is 39.0 Å². The van der Waals surface area contributed by atoms with Crippen molar-refractivity contribution in [2.45, 2.75) is 63.7 Å². The van der Waals surface area contributed by atoms with E-state index in [1.54, 1.807) is 12.3 Å². The number of benzene rings is 1. The molecule has 1 heterocycles. The molecule has 0 bridgehead atoms. The Hall–Kier alpha value is -4.46. The molecule has 0 saturated carbocycles. The van der Waals surface area contributed by atoms with Gasteiger partial charge < -0.3 is 42.6 Å². The number of para-hydroxylation sites is 1. The third-order valence-corrected chi connectivity index (χ3v) is 5.83. The number of primary amides is 1. The van der Waals surface area contributed by atoms with Crippen LogP contribution in [0.25, 0.3) is 10.9 Å². The van der Waals surface area contributed by atoms with Crippen molar-refractivity contribution in [1.29, 1.82) is 0 Å². The molecule has 14 nitrogen and oxygen atoms in total. The molecular formula is C25H34N6O8. The summed E-state index contributed by atoms with van der Waals surface area (Å²) < 4.78 is 0. The zero-order chi connectivity index (χ0) is 29.3. The molecule has 0 fully saturated rings. The number of nitrogens with two attached hydrogens (primary N) is 2. The van der Waals surface area contributed by atoms with Crippen molar-refractivity contribution in [3.8, 4) is 0 Å². The van der Waals surface area contributed by atoms with Gasteiger partial charge in [-0.25, -0.2) is 4.79 Å². The van der Waals surface area contributed by atoms with Gasteiger partial charge in [0.15, 0.2) is 0 Å². The van der Waals surface area contributed by atoms with Gasteiger partial charge in [-0.3, -0.25) is 24.0 Å². The standard InChI is InChI=1S/C25H34N6O8/c1-12(2)7-15(26)22(35)29-17(8-13-11-28-16-6-4-3-5-14(13)16)23(36)30-18(10-21(33)34)24(37)31-19(25(38)39)9-20(27)32/h3-6,11-12,15,17-19,28H,7-10,26H2,1-2H3,(H2,27,32)(H,29,35)(H,30,36)(H,31,37)(H,33,34)(H,38,39). The van der Waals surface area contributed by atoms with Gasteiger partial charge in [0.05, 0.1) is 18.9 Å². The predicted molar refractivity (Wildman–Crippen MR) is 139 cm³/mol. The predicted octanol–water partition coefficient (Wildman–Crippen LogP) is -1.03. The number of amides is 4. The van der Waals surface area contributed by atoms with Crippen LogP contribution in [0.4, 0.5) is 0 Å². The van der Waals surface area contributed by atoms with E-state index in [2.05, 4.69) is 15.6 Å². The fourth-order valence-electron chi connectivity index (χ4n) is 3.95. The highest BCUT2D eigenvalue weighted by molar-refractivity contribution is 5.96. The minimum absolute atomic E-state index is 0.0309. The number of carbonyl (C=O) groups excluding carboxylic acids is 4. The van der Waals surface area contributed by atoms with Gasteiger partial charge in [-0.05, 0) is 24.0 Å². The average molecular weight is 547 g/mol. The monoisotopic (exact) mass is 546 g/mol. The van der Waals surface area contributed by atoms with Crippen LogP contribution in [0, 0.1) is 5.92 Å². The van der Waals surface area contributed by atoms with Crippen molar-refractivity contribution in [3.63, 3.8) is 0 Å². The molecule has 0 aliphatic rings. The number of hydrogen-bond acceptors (Lipinski definition) is 7. The van der Waals surface area contributed by atoms with Crippen LogP contribution in [-0.2, 0) is 35.2 Å². The fourth-order valence-corrected chi connectivity index (χ4v) is 3.95. The van der Waals surface area contributed by atoms with Crippen LogP contribution in [0.1, 0.15) is 38.7 Å². The van der Waals surface area contributed by atoms with E-state index in [4.69, 9.17) is 11.5 Å². The van der Waals surface area contributed by atoms with E-state index in [1.807, 2.05) is 37.4 Å². The molecule has 4 amide bonds. The number of hydrogen-bond donors (Lipinski definition) is 8. The summed E-state index contributed by atoms with van der Waals surface area (Å²) in [7, 11) is 0. The van der Waals surface area contributed by atoms with Gasteiger partial charge in [0.2, 0.25) is 23.6 Å². The van der Waals surface area contributed by atoms with Crippen LogP contribution in [0.3, 0.4) is 0 Å². The van der Waals surface area contributed by atoms with Crippen LogP contribution in [0.2, 0.25) is 0 Å². The first-order chi connectivity index (χ1) is 18.3. The first kappa shape index (κ1) is 30.8. The second-order valence-corrected chi connectivity index (χ2v) is 9.59. The summed E-state index contributed by atoms with van der Waals surface area (Å²) in [5.41, 5.74) is 12.4. The lowest BCUT2D eigenvalue weighted by atomic mass is 10.0. The average Bonchev–Trinajstić information content (AvgIpc) is 3.24. The lowest BCUT2D eigenvalue weighted by Gasteiger charge is -2.24. The third kappa shape index (κ3) is 9.41. The summed E-state index contributed by atoms with van der Waals surface area (Å²) in [6.07, 6.45) is 0.321. The number of aromatic nitrogens is 1. The van der Waals surface area contributed by atoms with Crippen molar-refractivity contribution < 1.29 is 39.0 Å². The molecule has 0 aliphatic heterocycles. The molecule has 4 atom stereocenters. The Balaban J connectivity index is 2.31. The van der Waals surface area contributed by atoms with Crippen LogP contribution in [0.15, 0.2) is 30.5 Å². The zero-order valence-electron chi connectivity index (χ0n) is 21.6. The SMILES string of the molecule is CC(C)CC(N)C(=O)NC(Cc1c[nH]c2ccccc12)C(=O)NC(CC(=O)O)C(=O)NC(CC(N)=O)C(=O)O. The largest absolute Gasteiger partial charge is 0.481 e. The van der Waals surface area contributed by atoms with E-state index < -0.39 is 72.6 Å². The molecule has 0 saturated heterocycles. The number of aliphatic carboxylic acids is 2. The quantitative estimate of drug-likeness (QED) is 0.136. The molecule has 1 aromatic carbocycles. The van der Waals surface area contributed by atoms with Gasteiger partial charge in [0.1, 0.15) is 18.1 Å². The Bertz CT molecular complexity index is 1230. The maximum Gasteiger partial charge on any atom is 0.326 e. The van der Waals surface area contributed by atoms with Crippen molar-refractivity contribution in [3.05, 3.63) is 36.0 Å². The molecule has 10 N–H and O–H groups in total. The molecule has 39 heavy (non-hydrogen) atoms. The lowest BCUT2D eigenvalue weighted by molar-refractivity contribution is -0.144. The van der Waals surface area contributed by atoms with Gasteiger partial charge in [0, 0.05) is 23.5 Å². The van der Waals surface area contributed by atoms with E-state index in [1.165, 1.54) is 0 Å². The summed E-state index contributed by atoms with van der Waals surface area (Å²) >= 11 is 0. The molecule has 14 heteroatoms. The maximum atomic E-state index is 13.3. The summed E-state index contributed by atoms with van der Waals surface area (Å²) in [5, 5.41) is 26.2. The summed E-state index contributed by atoms with van der Waals surface area (Å²) in [4.78, 5) is 76.0. The molecular weight excluding hydrogens is 512 g/mol. The number of aromatic amines is 1. The molecule has 0 radical (unpaired) electrons. The van der Waals surface area contributed by atoms with Gasteiger partial charge in [0.25, 0.3) is 0 Å². The second-order valence-electron chi connectivity index (χ2n) is 9.59. The second kappa shape index (κ2) is 13.9. The Morgan fingerprint density at radius 2 is 1.46 bits per heavy atom. The third-order valence-electron chi connectivity index (χ3n) is 5.83. The Labute approximate surface area is 223 Å². The van der Waals surface area contributed by atoms with Crippen molar-refractivity contribution in [1.82, 2.24) is 20.9 Å². The van der Waals surface area contributed by atoms with Gasteiger partial charge >= 0.3 is 11.9 Å². The molecule has 212 valence electrons. The smallest absolute Gasteiger partial charge is 0.326 e. The molecule has 0 spiro atoms. The van der Waals surface area contributed by atoms with E-state index >= 15 is 0 Å². The number of nitrogens with one attached hydrogen (secondary N) is 4. The van der Waals surface area contributed by atoms with Gasteiger partial charge in [-0.2, -0.15) is 0 Å².